The van der Waals surface area contributed by atoms with Crippen LogP contribution in [-0.4, -0.2) is 24.9 Å². The summed E-state index contributed by atoms with van der Waals surface area (Å²) in [6, 6.07) is 9.99. The number of hydrogen-bond acceptors (Lipinski definition) is 4. The highest BCUT2D eigenvalue weighted by Crippen LogP contribution is 2.35. The van der Waals surface area contributed by atoms with Crippen LogP contribution in [0.5, 0.6) is 0 Å². The number of hydrogen-bond donors (Lipinski definition) is 1. The highest BCUT2D eigenvalue weighted by atomic mass is 35.5. The molecular weight excluding hydrogens is 330 g/mol. The van der Waals surface area contributed by atoms with Crippen molar-refractivity contribution in [2.75, 3.05) is 24.3 Å². The van der Waals surface area contributed by atoms with Gasteiger partial charge in [-0.15, -0.1) is 0 Å². The number of carbonyl (C=O) groups excluding carboxylic acids is 1. The second-order valence-corrected chi connectivity index (χ2v) is 5.88. The van der Waals surface area contributed by atoms with Crippen molar-refractivity contribution in [1.82, 2.24) is 0 Å². The van der Waals surface area contributed by atoms with Crippen molar-refractivity contribution in [2.45, 2.75) is 13.3 Å². The molecule has 2 aromatic rings. The summed E-state index contributed by atoms with van der Waals surface area (Å²) in [5, 5.41) is 13.9. The first kappa shape index (κ1) is 17.7. The van der Waals surface area contributed by atoms with Gasteiger partial charge in [0.15, 0.2) is 0 Å². The van der Waals surface area contributed by atoms with E-state index in [2.05, 4.69) is 5.32 Å². The van der Waals surface area contributed by atoms with Gasteiger partial charge in [-0.3, -0.25) is 14.9 Å². The molecule has 0 unspecified atom stereocenters. The molecule has 0 aromatic heterocycles. The lowest BCUT2D eigenvalue weighted by Crippen LogP contribution is -2.15. The molecule has 0 heterocycles. The molecule has 0 aliphatic rings. The fraction of sp³-hybridized carbons (Fsp3) is 0.235. The zero-order valence-corrected chi connectivity index (χ0v) is 14.4. The molecule has 0 saturated heterocycles. The average Bonchev–Trinajstić information content (AvgIpc) is 2.55. The minimum Gasteiger partial charge on any atom is -0.372 e. The predicted molar refractivity (Wildman–Crippen MR) is 96.2 cm³/mol. The minimum atomic E-state index is -0.504. The van der Waals surface area contributed by atoms with Crippen molar-refractivity contribution < 1.29 is 9.72 Å². The molecule has 126 valence electrons. The quantitative estimate of drug-likeness (QED) is 0.651. The van der Waals surface area contributed by atoms with Crippen LogP contribution in [0.15, 0.2) is 36.4 Å². The molecule has 0 aliphatic carbocycles. The maximum atomic E-state index is 12.3. The van der Waals surface area contributed by atoms with E-state index in [1.54, 1.807) is 31.1 Å². The van der Waals surface area contributed by atoms with Crippen molar-refractivity contribution in [1.29, 1.82) is 0 Å². The molecule has 2 aromatic carbocycles. The molecule has 24 heavy (non-hydrogen) atoms. The first-order valence-corrected chi connectivity index (χ1v) is 7.76. The first-order valence-electron chi connectivity index (χ1n) is 7.39. The fourth-order valence-corrected chi connectivity index (χ4v) is 2.44. The van der Waals surface area contributed by atoms with Gasteiger partial charge in [-0.05, 0) is 30.2 Å². The number of aryl methyl sites for hydroxylation is 1. The molecule has 6 nitrogen and oxygen atoms in total. The molecule has 1 amide bonds. The largest absolute Gasteiger partial charge is 0.372 e. The molecule has 0 atom stereocenters. The topological polar surface area (TPSA) is 75.5 Å². The Morgan fingerprint density at radius 1 is 1.25 bits per heavy atom. The molecule has 0 saturated carbocycles. The highest BCUT2D eigenvalue weighted by Gasteiger charge is 2.20. The summed E-state index contributed by atoms with van der Waals surface area (Å²) in [6.07, 6.45) is 0.891. The second kappa shape index (κ2) is 7.31. The molecule has 0 aliphatic heterocycles. The van der Waals surface area contributed by atoms with E-state index < -0.39 is 4.92 Å². The van der Waals surface area contributed by atoms with E-state index in [1.807, 2.05) is 19.1 Å². The van der Waals surface area contributed by atoms with Gasteiger partial charge in [0.1, 0.15) is 5.69 Å². The van der Waals surface area contributed by atoms with E-state index in [0.717, 1.165) is 12.0 Å². The number of rotatable bonds is 5. The lowest BCUT2D eigenvalue weighted by atomic mass is 10.1. The minimum absolute atomic E-state index is 0.115. The van der Waals surface area contributed by atoms with Crippen molar-refractivity contribution in [3.05, 3.63) is 62.7 Å². The van der Waals surface area contributed by atoms with Gasteiger partial charge >= 0.3 is 0 Å². The molecule has 0 spiro atoms. The molecule has 7 heteroatoms. The van der Waals surface area contributed by atoms with Crippen LogP contribution < -0.4 is 10.2 Å². The van der Waals surface area contributed by atoms with Gasteiger partial charge in [0, 0.05) is 25.7 Å². The first-order chi connectivity index (χ1) is 11.3. The van der Waals surface area contributed by atoms with Crippen LogP contribution in [0.2, 0.25) is 5.02 Å². The third kappa shape index (κ3) is 3.83. The smallest absolute Gasteiger partial charge is 0.294 e. The van der Waals surface area contributed by atoms with Crippen LogP contribution in [0.1, 0.15) is 22.8 Å². The van der Waals surface area contributed by atoms with E-state index in [1.165, 1.54) is 12.1 Å². The van der Waals surface area contributed by atoms with Gasteiger partial charge in [0.05, 0.1) is 15.6 Å². The van der Waals surface area contributed by atoms with E-state index in [0.29, 0.717) is 16.9 Å². The number of benzene rings is 2. The third-order valence-electron chi connectivity index (χ3n) is 3.62. The van der Waals surface area contributed by atoms with Crippen LogP contribution >= 0.6 is 11.6 Å². The lowest BCUT2D eigenvalue weighted by Gasteiger charge is -2.15. The van der Waals surface area contributed by atoms with E-state index in [4.69, 9.17) is 11.6 Å². The number of nitrogens with one attached hydrogen (secondary N) is 1. The predicted octanol–water partition coefficient (Wildman–Crippen LogP) is 4.13. The van der Waals surface area contributed by atoms with Crippen LogP contribution in [0.3, 0.4) is 0 Å². The molecular formula is C17H18ClN3O3. The van der Waals surface area contributed by atoms with Gasteiger partial charge in [-0.1, -0.05) is 30.7 Å². The zero-order chi connectivity index (χ0) is 17.9. The Morgan fingerprint density at radius 2 is 1.88 bits per heavy atom. The number of nitrogens with zero attached hydrogens (tertiary/aromatic N) is 2. The number of nitro benzene ring substituents is 1. The van der Waals surface area contributed by atoms with Crippen LogP contribution in [0, 0.1) is 10.1 Å². The summed E-state index contributed by atoms with van der Waals surface area (Å²) in [7, 11) is 3.37. The van der Waals surface area contributed by atoms with Gasteiger partial charge < -0.3 is 10.2 Å². The second-order valence-electron chi connectivity index (χ2n) is 5.48. The normalized spacial score (nSPS) is 10.3. The van der Waals surface area contributed by atoms with Crippen molar-refractivity contribution >= 4 is 34.6 Å². The Balaban J connectivity index is 2.32. The summed E-state index contributed by atoms with van der Waals surface area (Å²) in [4.78, 5) is 24.6. The van der Waals surface area contributed by atoms with Crippen LogP contribution in [0.4, 0.5) is 17.1 Å². The summed E-state index contributed by atoms with van der Waals surface area (Å²) in [5.41, 5.74) is 2.20. The van der Waals surface area contributed by atoms with Gasteiger partial charge in [0.25, 0.3) is 11.6 Å². The maximum Gasteiger partial charge on any atom is 0.294 e. The molecule has 2 rings (SSSR count). The van der Waals surface area contributed by atoms with Crippen molar-refractivity contribution in [3.8, 4) is 0 Å². The number of nitro groups is 1. The SMILES string of the molecule is CCc1ccc(C(=O)Nc2cc(N(C)C)c([N+](=O)[O-])cc2Cl)cc1. The Labute approximate surface area is 145 Å². The number of halogens is 1. The molecule has 0 bridgehead atoms. The summed E-state index contributed by atoms with van der Waals surface area (Å²) < 4.78 is 0. The Kier molecular flexibility index (Phi) is 5.41. The number of amides is 1. The standard InChI is InChI=1S/C17H18ClN3O3/c1-4-11-5-7-12(8-6-11)17(22)19-14-10-15(20(2)3)16(21(23)24)9-13(14)18/h5-10H,4H2,1-3H3,(H,19,22). The van der Waals surface area contributed by atoms with Crippen LogP contribution in [0.25, 0.3) is 0 Å². The highest BCUT2D eigenvalue weighted by molar-refractivity contribution is 6.34. The van der Waals surface area contributed by atoms with Crippen molar-refractivity contribution in [2.24, 2.45) is 0 Å². The van der Waals surface area contributed by atoms with E-state index in [-0.39, 0.29) is 16.6 Å². The fourth-order valence-electron chi connectivity index (χ4n) is 2.24. The Hall–Kier alpha value is -2.60. The van der Waals surface area contributed by atoms with Crippen molar-refractivity contribution in [3.63, 3.8) is 0 Å². The van der Waals surface area contributed by atoms with Gasteiger partial charge in [-0.2, -0.15) is 0 Å². The van der Waals surface area contributed by atoms with Gasteiger partial charge in [0.2, 0.25) is 0 Å². The van der Waals surface area contributed by atoms with Gasteiger partial charge in [-0.25, -0.2) is 0 Å². The molecule has 0 fully saturated rings. The monoisotopic (exact) mass is 347 g/mol. The zero-order valence-electron chi connectivity index (χ0n) is 13.7. The van der Waals surface area contributed by atoms with E-state index in [9.17, 15) is 14.9 Å². The third-order valence-corrected chi connectivity index (χ3v) is 3.93. The maximum absolute atomic E-state index is 12.3. The van der Waals surface area contributed by atoms with Crippen LogP contribution in [-0.2, 0) is 6.42 Å². The number of carbonyl (C=O) groups is 1. The number of anilines is 2. The van der Waals surface area contributed by atoms with E-state index >= 15 is 0 Å². The average molecular weight is 348 g/mol. The Morgan fingerprint density at radius 3 is 2.38 bits per heavy atom. The molecule has 0 radical (unpaired) electrons. The summed E-state index contributed by atoms with van der Waals surface area (Å²) in [5.74, 6) is -0.321. The molecule has 1 N–H and O–H groups in total. The lowest BCUT2D eigenvalue weighted by molar-refractivity contribution is -0.384. The summed E-state index contributed by atoms with van der Waals surface area (Å²) in [6.45, 7) is 2.04. The Bertz CT molecular complexity index is 773. The summed E-state index contributed by atoms with van der Waals surface area (Å²) >= 11 is 6.09.